The highest BCUT2D eigenvalue weighted by molar-refractivity contribution is 7.92. The second kappa shape index (κ2) is 6.95. The Morgan fingerprint density at radius 2 is 1.83 bits per heavy atom. The second-order valence-corrected chi connectivity index (χ2v) is 8.85. The summed E-state index contributed by atoms with van der Waals surface area (Å²) in [5, 5.41) is 2.61. The van der Waals surface area contributed by atoms with Crippen LogP contribution in [0.15, 0.2) is 29.2 Å². The fourth-order valence-corrected chi connectivity index (χ4v) is 3.76. The van der Waals surface area contributed by atoms with Gasteiger partial charge in [-0.15, -0.1) is 0 Å². The minimum absolute atomic E-state index is 0.110. The van der Waals surface area contributed by atoms with Crippen LogP contribution in [-0.4, -0.2) is 25.6 Å². The molecule has 0 fully saturated rings. The van der Waals surface area contributed by atoms with E-state index in [2.05, 4.69) is 5.32 Å². The maximum atomic E-state index is 13.4. The van der Waals surface area contributed by atoms with Crippen molar-refractivity contribution in [1.29, 1.82) is 0 Å². The number of sulfone groups is 1. The Morgan fingerprint density at radius 3 is 2.35 bits per heavy atom. The zero-order valence-corrected chi connectivity index (χ0v) is 14.6. The molecule has 1 amide bonds. The number of halogens is 2. The van der Waals surface area contributed by atoms with Gasteiger partial charge >= 0.3 is 0 Å². The number of nitrogens with one attached hydrogen (secondary N) is 1. The smallest absolute Gasteiger partial charge is 0.270 e. The third-order valence-electron chi connectivity index (χ3n) is 3.71. The van der Waals surface area contributed by atoms with E-state index in [4.69, 9.17) is 0 Å². The molecule has 1 aromatic carbocycles. The molecule has 0 spiro atoms. The highest BCUT2D eigenvalue weighted by atomic mass is 32.2. The Labute approximate surface area is 136 Å². The Bertz CT molecular complexity index is 664. The molecule has 0 aliphatic carbocycles. The first-order chi connectivity index (χ1) is 10.4. The van der Waals surface area contributed by atoms with E-state index in [0.717, 1.165) is 13.0 Å². The molecule has 0 unspecified atom stereocenters. The van der Waals surface area contributed by atoms with Gasteiger partial charge in [0.05, 0.1) is 9.64 Å². The van der Waals surface area contributed by atoms with Crippen molar-refractivity contribution in [3.05, 3.63) is 29.8 Å². The SMILES string of the molecule is CC(=O)NCCCC(C)(C)S(=O)(=O)c1cccc(C(C)(F)F)c1. The van der Waals surface area contributed by atoms with Crippen molar-refractivity contribution in [2.24, 2.45) is 0 Å². The van der Waals surface area contributed by atoms with Gasteiger partial charge in [0.15, 0.2) is 9.84 Å². The molecule has 4 nitrogen and oxygen atoms in total. The molecule has 1 rings (SSSR count). The number of rotatable bonds is 7. The monoisotopic (exact) mass is 347 g/mol. The third kappa shape index (κ3) is 4.99. The fourth-order valence-electron chi connectivity index (χ4n) is 2.17. The van der Waals surface area contributed by atoms with Gasteiger partial charge in [-0.3, -0.25) is 4.79 Å². The zero-order chi connectivity index (χ0) is 17.9. The van der Waals surface area contributed by atoms with Crippen LogP contribution in [-0.2, 0) is 20.6 Å². The van der Waals surface area contributed by atoms with Crippen molar-refractivity contribution in [2.75, 3.05) is 6.54 Å². The molecule has 23 heavy (non-hydrogen) atoms. The first-order valence-electron chi connectivity index (χ1n) is 7.35. The van der Waals surface area contributed by atoms with Gasteiger partial charge in [-0.2, -0.15) is 0 Å². The minimum atomic E-state index is -3.77. The number of amides is 1. The van der Waals surface area contributed by atoms with Gasteiger partial charge in [0.1, 0.15) is 0 Å². The Balaban J connectivity index is 2.98. The lowest BCUT2D eigenvalue weighted by Gasteiger charge is -2.25. The van der Waals surface area contributed by atoms with Gasteiger partial charge in [-0.25, -0.2) is 17.2 Å². The van der Waals surface area contributed by atoms with E-state index < -0.39 is 20.5 Å². The number of alkyl halides is 2. The molecule has 0 aliphatic heterocycles. The normalized spacial score (nSPS) is 13.0. The lowest BCUT2D eigenvalue weighted by atomic mass is 10.1. The lowest BCUT2D eigenvalue weighted by Crippen LogP contribution is -2.33. The summed E-state index contributed by atoms with van der Waals surface area (Å²) in [6.07, 6.45) is 0.789. The van der Waals surface area contributed by atoms with E-state index in [1.165, 1.54) is 25.1 Å². The van der Waals surface area contributed by atoms with Crippen molar-refractivity contribution >= 4 is 15.7 Å². The molecule has 0 saturated carbocycles. The van der Waals surface area contributed by atoms with Crippen LogP contribution in [0.4, 0.5) is 8.78 Å². The van der Waals surface area contributed by atoms with Gasteiger partial charge < -0.3 is 5.32 Å². The van der Waals surface area contributed by atoms with E-state index >= 15 is 0 Å². The molecule has 1 aromatic rings. The van der Waals surface area contributed by atoms with E-state index in [0.29, 0.717) is 19.4 Å². The maximum Gasteiger partial charge on any atom is 0.270 e. The molecular formula is C16H23F2NO3S. The van der Waals surface area contributed by atoms with Crippen LogP contribution in [0.3, 0.4) is 0 Å². The summed E-state index contributed by atoms with van der Waals surface area (Å²) < 4.78 is 51.2. The van der Waals surface area contributed by atoms with E-state index in [-0.39, 0.29) is 16.4 Å². The number of carbonyl (C=O) groups is 1. The summed E-state index contributed by atoms with van der Waals surface area (Å²) in [5.74, 6) is -3.27. The van der Waals surface area contributed by atoms with Crippen molar-refractivity contribution < 1.29 is 22.0 Å². The third-order valence-corrected chi connectivity index (χ3v) is 6.24. The first-order valence-corrected chi connectivity index (χ1v) is 8.84. The summed E-state index contributed by atoms with van der Waals surface area (Å²) in [4.78, 5) is 10.7. The molecular weight excluding hydrogens is 324 g/mol. The quantitative estimate of drug-likeness (QED) is 0.770. The van der Waals surface area contributed by atoms with Gasteiger partial charge in [0, 0.05) is 26.0 Å². The summed E-state index contributed by atoms with van der Waals surface area (Å²) in [6, 6.07) is 4.90. The molecule has 1 N–H and O–H groups in total. The standard InChI is InChI=1S/C16H23F2NO3S/c1-12(20)19-10-6-9-15(2,3)23(21,22)14-8-5-7-13(11-14)16(4,17)18/h5,7-8,11H,6,9-10H2,1-4H3,(H,19,20). The molecule has 0 aromatic heterocycles. The van der Waals surface area contributed by atoms with E-state index in [1.54, 1.807) is 13.8 Å². The fraction of sp³-hybridized carbons (Fsp3) is 0.562. The van der Waals surface area contributed by atoms with Crippen molar-refractivity contribution in [3.8, 4) is 0 Å². The van der Waals surface area contributed by atoms with Crippen molar-refractivity contribution in [1.82, 2.24) is 5.32 Å². The molecule has 0 saturated heterocycles. The summed E-state index contributed by atoms with van der Waals surface area (Å²) in [7, 11) is -3.77. The molecule has 7 heteroatoms. The average molecular weight is 347 g/mol. The molecule has 130 valence electrons. The van der Waals surface area contributed by atoms with E-state index in [9.17, 15) is 22.0 Å². The van der Waals surface area contributed by atoms with Crippen molar-refractivity contribution in [3.63, 3.8) is 0 Å². The van der Waals surface area contributed by atoms with Crippen LogP contribution >= 0.6 is 0 Å². The summed E-state index contributed by atoms with van der Waals surface area (Å²) in [5.41, 5.74) is -0.326. The minimum Gasteiger partial charge on any atom is -0.356 e. The van der Waals surface area contributed by atoms with Crippen LogP contribution < -0.4 is 5.32 Å². The van der Waals surface area contributed by atoms with Gasteiger partial charge in [-0.1, -0.05) is 12.1 Å². The molecule has 0 aliphatic rings. The molecule has 0 bridgehead atoms. The molecule has 0 heterocycles. The Hall–Kier alpha value is -1.50. The van der Waals surface area contributed by atoms with Gasteiger partial charge in [0.2, 0.25) is 5.91 Å². The number of benzene rings is 1. The molecule has 0 radical (unpaired) electrons. The first kappa shape index (κ1) is 19.5. The zero-order valence-electron chi connectivity index (χ0n) is 13.8. The average Bonchev–Trinajstić information content (AvgIpc) is 2.42. The van der Waals surface area contributed by atoms with E-state index in [1.807, 2.05) is 0 Å². The van der Waals surface area contributed by atoms with Crippen LogP contribution in [0.25, 0.3) is 0 Å². The second-order valence-electron chi connectivity index (χ2n) is 6.27. The van der Waals surface area contributed by atoms with Gasteiger partial charge in [0.25, 0.3) is 5.92 Å². The van der Waals surface area contributed by atoms with Crippen LogP contribution in [0.2, 0.25) is 0 Å². The lowest BCUT2D eigenvalue weighted by molar-refractivity contribution is -0.118. The number of carbonyl (C=O) groups excluding carboxylic acids is 1. The highest BCUT2D eigenvalue weighted by Crippen LogP contribution is 2.33. The van der Waals surface area contributed by atoms with Crippen LogP contribution in [0.5, 0.6) is 0 Å². The van der Waals surface area contributed by atoms with Gasteiger partial charge in [-0.05, 0) is 38.8 Å². The Morgan fingerprint density at radius 1 is 1.22 bits per heavy atom. The maximum absolute atomic E-state index is 13.4. The topological polar surface area (TPSA) is 63.2 Å². The molecule has 0 atom stereocenters. The summed E-state index contributed by atoms with van der Waals surface area (Å²) >= 11 is 0. The highest BCUT2D eigenvalue weighted by Gasteiger charge is 2.36. The number of hydrogen-bond donors (Lipinski definition) is 1. The summed E-state index contributed by atoms with van der Waals surface area (Å²) in [6.45, 7) is 5.62. The predicted octanol–water partition coefficient (Wildman–Crippen LogP) is 3.27. The number of hydrogen-bond acceptors (Lipinski definition) is 3. The largest absolute Gasteiger partial charge is 0.356 e. The Kier molecular flexibility index (Phi) is 5.90. The van der Waals surface area contributed by atoms with Crippen LogP contribution in [0, 0.1) is 0 Å². The predicted molar refractivity (Wildman–Crippen MR) is 85.2 cm³/mol. The van der Waals surface area contributed by atoms with Crippen molar-refractivity contribution in [2.45, 2.75) is 56.1 Å². The van der Waals surface area contributed by atoms with Crippen LogP contribution in [0.1, 0.15) is 46.1 Å².